The molecule has 1 saturated heterocycles. The van der Waals surface area contributed by atoms with Crippen LogP contribution in [-0.2, 0) is 6.54 Å². The Bertz CT molecular complexity index is 714. The van der Waals surface area contributed by atoms with Crippen LogP contribution in [0.15, 0.2) is 41.2 Å². The van der Waals surface area contributed by atoms with Crippen molar-refractivity contribution in [3.8, 4) is 0 Å². The number of nitrogens with zero attached hydrogens (tertiary/aromatic N) is 5. The van der Waals surface area contributed by atoms with Crippen molar-refractivity contribution in [3.63, 3.8) is 0 Å². The Balaban J connectivity index is 1.56. The van der Waals surface area contributed by atoms with Crippen molar-refractivity contribution < 1.29 is 0 Å². The minimum Gasteiger partial charge on any atom is -0.354 e. The van der Waals surface area contributed by atoms with Gasteiger partial charge in [-0.25, -0.2) is 4.99 Å². The highest BCUT2D eigenvalue weighted by molar-refractivity contribution is 7.99. The molecule has 5 nitrogen and oxygen atoms in total. The van der Waals surface area contributed by atoms with Crippen molar-refractivity contribution in [2.75, 3.05) is 44.9 Å². The third-order valence-corrected chi connectivity index (χ3v) is 6.51. The molecule has 1 aromatic carbocycles. The van der Waals surface area contributed by atoms with Crippen LogP contribution in [0.4, 0.5) is 0 Å². The fourth-order valence-corrected chi connectivity index (χ4v) is 5.00. The number of halogens is 1. The van der Waals surface area contributed by atoms with Crippen molar-refractivity contribution in [3.05, 3.63) is 46.7 Å². The van der Waals surface area contributed by atoms with Gasteiger partial charge in [-0.15, -0.1) is 0 Å². The van der Waals surface area contributed by atoms with Crippen molar-refractivity contribution in [2.45, 2.75) is 26.2 Å². The van der Waals surface area contributed by atoms with E-state index in [0.29, 0.717) is 0 Å². The molecule has 1 unspecified atom stereocenters. The molecule has 0 saturated carbocycles. The topological polar surface area (TPSA) is 25.3 Å². The van der Waals surface area contributed by atoms with Gasteiger partial charge in [-0.2, -0.15) is 11.8 Å². The van der Waals surface area contributed by atoms with Gasteiger partial charge >= 0.3 is 0 Å². The first-order chi connectivity index (χ1) is 13.2. The van der Waals surface area contributed by atoms with Crippen LogP contribution in [0.2, 0.25) is 5.02 Å². The van der Waals surface area contributed by atoms with Gasteiger partial charge in [0.25, 0.3) is 0 Å². The molecule has 0 bridgehead atoms. The summed E-state index contributed by atoms with van der Waals surface area (Å²) in [6.07, 6.45) is 3.55. The van der Waals surface area contributed by atoms with E-state index in [1.165, 1.54) is 22.8 Å². The van der Waals surface area contributed by atoms with Crippen molar-refractivity contribution >= 4 is 29.2 Å². The van der Waals surface area contributed by atoms with Crippen LogP contribution < -0.4 is 0 Å². The van der Waals surface area contributed by atoms with Gasteiger partial charge in [-0.05, 0) is 24.1 Å². The SMILES string of the molecule is CCCN1CN(Cc2ccc(Cl)cc2)C=C2C1=NC(N1CCSCC1)N2C. The molecular formula is C20H28ClN5S. The number of amidine groups is 1. The van der Waals surface area contributed by atoms with Crippen LogP contribution in [0, 0.1) is 0 Å². The average molecular weight is 406 g/mol. The molecule has 1 fully saturated rings. The first kappa shape index (κ1) is 19.0. The summed E-state index contributed by atoms with van der Waals surface area (Å²) in [5.41, 5.74) is 2.52. The summed E-state index contributed by atoms with van der Waals surface area (Å²) in [7, 11) is 2.19. The van der Waals surface area contributed by atoms with Crippen molar-refractivity contribution in [1.29, 1.82) is 0 Å². The molecule has 7 heteroatoms. The number of rotatable bonds is 5. The molecule has 0 aromatic heterocycles. The van der Waals surface area contributed by atoms with Gasteiger partial charge in [0, 0.05) is 56.0 Å². The van der Waals surface area contributed by atoms with Gasteiger partial charge in [0.05, 0.1) is 12.4 Å². The fourth-order valence-electron chi connectivity index (χ4n) is 3.94. The maximum Gasteiger partial charge on any atom is 0.181 e. The summed E-state index contributed by atoms with van der Waals surface area (Å²) in [5, 5.41) is 0.788. The zero-order valence-corrected chi connectivity index (χ0v) is 17.7. The summed E-state index contributed by atoms with van der Waals surface area (Å²) < 4.78 is 0. The van der Waals surface area contributed by atoms with E-state index in [0.717, 1.165) is 50.1 Å². The van der Waals surface area contributed by atoms with Crippen molar-refractivity contribution in [1.82, 2.24) is 19.6 Å². The zero-order valence-electron chi connectivity index (χ0n) is 16.1. The quantitative estimate of drug-likeness (QED) is 0.748. The highest BCUT2D eigenvalue weighted by Crippen LogP contribution is 2.29. The Morgan fingerprint density at radius 2 is 1.93 bits per heavy atom. The molecule has 0 spiro atoms. The van der Waals surface area contributed by atoms with Crippen LogP contribution in [0.3, 0.4) is 0 Å². The molecule has 3 aliphatic rings. The lowest BCUT2D eigenvalue weighted by atomic mass is 10.2. The molecule has 0 aliphatic carbocycles. The van der Waals surface area contributed by atoms with Gasteiger partial charge < -0.3 is 14.7 Å². The Hall–Kier alpha value is -1.37. The number of benzene rings is 1. The maximum atomic E-state index is 6.04. The number of thioether (sulfide) groups is 1. The summed E-state index contributed by atoms with van der Waals surface area (Å²) in [5.74, 6) is 3.57. The van der Waals surface area contributed by atoms with Gasteiger partial charge in [0.15, 0.2) is 12.1 Å². The predicted molar refractivity (Wildman–Crippen MR) is 115 cm³/mol. The fraction of sp³-hybridized carbons (Fsp3) is 0.550. The second kappa shape index (κ2) is 8.33. The Morgan fingerprint density at radius 3 is 2.63 bits per heavy atom. The van der Waals surface area contributed by atoms with Crippen LogP contribution in [-0.4, -0.2) is 76.6 Å². The van der Waals surface area contributed by atoms with E-state index in [9.17, 15) is 0 Å². The molecule has 3 aliphatic heterocycles. The standard InChI is InChI=1S/C20H28ClN5S/c1-3-8-26-15-24(13-16-4-6-17(21)7-5-16)14-18-19(26)22-20(23(18)2)25-9-11-27-12-10-25/h4-7,14,20H,3,8-13,15H2,1-2H3. The number of hydrogen-bond acceptors (Lipinski definition) is 6. The van der Waals surface area contributed by atoms with E-state index in [4.69, 9.17) is 16.6 Å². The van der Waals surface area contributed by atoms with E-state index in [-0.39, 0.29) is 6.29 Å². The Labute approximate surface area is 171 Å². The second-order valence-electron chi connectivity index (χ2n) is 7.35. The van der Waals surface area contributed by atoms with Crippen LogP contribution in [0.1, 0.15) is 18.9 Å². The largest absolute Gasteiger partial charge is 0.354 e. The summed E-state index contributed by atoms with van der Waals surface area (Å²) in [4.78, 5) is 14.8. The molecule has 1 aromatic rings. The molecule has 0 N–H and O–H groups in total. The van der Waals surface area contributed by atoms with Crippen LogP contribution in [0.25, 0.3) is 0 Å². The van der Waals surface area contributed by atoms with E-state index in [2.05, 4.69) is 51.9 Å². The number of fused-ring (bicyclic) bond motifs is 1. The molecule has 1 atom stereocenters. The van der Waals surface area contributed by atoms with Gasteiger partial charge in [0.1, 0.15) is 0 Å². The molecule has 0 radical (unpaired) electrons. The lowest BCUT2D eigenvalue weighted by Crippen LogP contribution is -2.48. The second-order valence-corrected chi connectivity index (χ2v) is 9.01. The lowest BCUT2D eigenvalue weighted by molar-refractivity contribution is 0.114. The van der Waals surface area contributed by atoms with Gasteiger partial charge in [-0.3, -0.25) is 4.90 Å². The van der Waals surface area contributed by atoms with E-state index < -0.39 is 0 Å². The highest BCUT2D eigenvalue weighted by Gasteiger charge is 2.37. The first-order valence-corrected chi connectivity index (χ1v) is 11.3. The molecular weight excluding hydrogens is 378 g/mol. The predicted octanol–water partition coefficient (Wildman–Crippen LogP) is 3.34. The summed E-state index contributed by atoms with van der Waals surface area (Å²) in [6, 6.07) is 8.16. The van der Waals surface area contributed by atoms with Gasteiger partial charge in [-0.1, -0.05) is 30.7 Å². The van der Waals surface area contributed by atoms with E-state index in [1.807, 2.05) is 23.9 Å². The lowest BCUT2D eigenvalue weighted by Gasteiger charge is -2.38. The normalized spacial score (nSPS) is 23.4. The Kier molecular flexibility index (Phi) is 5.85. The maximum absolute atomic E-state index is 6.04. The minimum absolute atomic E-state index is 0.141. The summed E-state index contributed by atoms with van der Waals surface area (Å²) >= 11 is 8.08. The number of hydrogen-bond donors (Lipinski definition) is 0. The van der Waals surface area contributed by atoms with Gasteiger partial charge in [0.2, 0.25) is 0 Å². The number of likely N-dealkylation sites (N-methyl/N-ethyl adjacent to an activating group) is 1. The minimum atomic E-state index is 0.141. The molecule has 4 rings (SSSR count). The van der Waals surface area contributed by atoms with Crippen LogP contribution >= 0.6 is 23.4 Å². The third-order valence-electron chi connectivity index (χ3n) is 5.31. The number of aliphatic imine (C=N–C) groups is 1. The average Bonchev–Trinajstić information content (AvgIpc) is 3.02. The molecule has 27 heavy (non-hydrogen) atoms. The highest BCUT2D eigenvalue weighted by atomic mass is 35.5. The molecule has 3 heterocycles. The third kappa shape index (κ3) is 4.08. The van der Waals surface area contributed by atoms with Crippen molar-refractivity contribution in [2.24, 2.45) is 4.99 Å². The zero-order chi connectivity index (χ0) is 18.8. The summed E-state index contributed by atoms with van der Waals surface area (Å²) in [6.45, 7) is 7.27. The Morgan fingerprint density at radius 1 is 1.19 bits per heavy atom. The van der Waals surface area contributed by atoms with E-state index >= 15 is 0 Å². The van der Waals surface area contributed by atoms with E-state index in [1.54, 1.807) is 0 Å². The molecule has 0 amide bonds. The van der Waals surface area contributed by atoms with Crippen LogP contribution in [0.5, 0.6) is 0 Å². The molecule has 146 valence electrons. The smallest absolute Gasteiger partial charge is 0.181 e. The monoisotopic (exact) mass is 405 g/mol. The first-order valence-electron chi connectivity index (χ1n) is 9.74.